The Hall–Kier alpha value is -0.260. The lowest BCUT2D eigenvalue weighted by Gasteiger charge is -2.43. The Kier molecular flexibility index (Phi) is 9.25. The molecule has 1 fully saturated rings. The average Bonchev–Trinajstić information content (AvgIpc) is 2.65. The molecule has 2 rings (SSSR count). The molecule has 1 aromatic rings. The van der Waals surface area contributed by atoms with Crippen LogP contribution in [0.5, 0.6) is 0 Å². The molecule has 1 aliphatic heterocycles. The summed E-state index contributed by atoms with van der Waals surface area (Å²) < 4.78 is 6.30. The molecule has 1 saturated heterocycles. The summed E-state index contributed by atoms with van der Waals surface area (Å²) in [6.07, 6.45) is 8.83. The molecule has 0 radical (unpaired) electrons. The smallest absolute Gasteiger partial charge is 0.201 e. The molecule has 1 aromatic carbocycles. The molecule has 1 atom stereocenters. The van der Waals surface area contributed by atoms with E-state index in [1.54, 1.807) is 11.8 Å². The Morgan fingerprint density at radius 3 is 2.08 bits per heavy atom. The zero-order chi connectivity index (χ0) is 18.9. The van der Waals surface area contributed by atoms with Gasteiger partial charge in [-0.05, 0) is 44.0 Å². The summed E-state index contributed by atoms with van der Waals surface area (Å²) in [5.74, 6) is 0.212. The Labute approximate surface area is 168 Å². The second kappa shape index (κ2) is 10.9. The first kappa shape index (κ1) is 22.0. The molecule has 1 heterocycles. The van der Waals surface area contributed by atoms with Crippen LogP contribution >= 0.6 is 23.4 Å². The molecule has 0 N–H and O–H groups in total. The molecule has 26 heavy (non-hydrogen) atoms. The first-order valence-electron chi connectivity index (χ1n) is 9.90. The predicted octanol–water partition coefficient (Wildman–Crippen LogP) is 7.03. The molecule has 0 bridgehead atoms. The van der Waals surface area contributed by atoms with Gasteiger partial charge < -0.3 is 4.74 Å². The van der Waals surface area contributed by atoms with Crippen LogP contribution in [-0.4, -0.2) is 23.7 Å². The third-order valence-electron chi connectivity index (χ3n) is 4.72. The highest BCUT2D eigenvalue weighted by Gasteiger charge is 2.43. The monoisotopic (exact) mass is 400 g/mol. The summed E-state index contributed by atoms with van der Waals surface area (Å²) in [5.41, 5.74) is -0.441. The van der Waals surface area contributed by atoms with Crippen LogP contribution in [0, 0.1) is 0 Å². The normalized spacial score (nSPS) is 22.5. The van der Waals surface area contributed by atoms with E-state index >= 15 is 0 Å². The molecule has 3 nitrogen and oxygen atoms in total. The van der Waals surface area contributed by atoms with Gasteiger partial charge in [0.2, 0.25) is 5.79 Å². The Morgan fingerprint density at radius 2 is 1.58 bits per heavy atom. The van der Waals surface area contributed by atoms with Gasteiger partial charge in [0, 0.05) is 28.5 Å². The first-order valence-corrected chi connectivity index (χ1v) is 11.3. The summed E-state index contributed by atoms with van der Waals surface area (Å²) in [5, 5.41) is 0.755. The van der Waals surface area contributed by atoms with Gasteiger partial charge in [0.05, 0.1) is 6.61 Å². The standard InChI is InChI=1S/C21H33ClO3S/c1-4-6-8-14-21(15-9-7-5-2)23-16-20(3,24-25-21)17-26-19-12-10-18(22)11-13-19/h10-13H,4-9,14-17H2,1-3H3. The first-order chi connectivity index (χ1) is 12.5. The van der Waals surface area contributed by atoms with Crippen LogP contribution in [0.4, 0.5) is 0 Å². The number of hydrogen-bond donors (Lipinski definition) is 0. The van der Waals surface area contributed by atoms with Crippen LogP contribution in [0.1, 0.15) is 72.1 Å². The summed E-state index contributed by atoms with van der Waals surface area (Å²) in [6.45, 7) is 7.05. The summed E-state index contributed by atoms with van der Waals surface area (Å²) in [4.78, 5) is 13.0. The van der Waals surface area contributed by atoms with E-state index in [-0.39, 0.29) is 0 Å². The van der Waals surface area contributed by atoms with E-state index in [0.29, 0.717) is 6.61 Å². The van der Waals surface area contributed by atoms with Gasteiger partial charge in [-0.15, -0.1) is 11.8 Å². The lowest BCUT2D eigenvalue weighted by atomic mass is 10.00. The highest BCUT2D eigenvalue weighted by Crippen LogP contribution is 2.37. The average molecular weight is 401 g/mol. The minimum atomic E-state index is -0.561. The van der Waals surface area contributed by atoms with Crippen molar-refractivity contribution in [2.45, 2.75) is 88.4 Å². The highest BCUT2D eigenvalue weighted by molar-refractivity contribution is 7.99. The van der Waals surface area contributed by atoms with E-state index < -0.39 is 11.4 Å². The van der Waals surface area contributed by atoms with Gasteiger partial charge in [-0.1, -0.05) is 51.1 Å². The second-order valence-electron chi connectivity index (χ2n) is 7.47. The van der Waals surface area contributed by atoms with Crippen LogP contribution < -0.4 is 0 Å². The molecular formula is C21H33ClO3S. The van der Waals surface area contributed by atoms with Crippen LogP contribution in [-0.2, 0) is 14.5 Å². The van der Waals surface area contributed by atoms with Crippen molar-refractivity contribution in [1.29, 1.82) is 0 Å². The quantitative estimate of drug-likeness (QED) is 0.226. The van der Waals surface area contributed by atoms with Gasteiger partial charge in [0.25, 0.3) is 0 Å². The number of halogens is 1. The van der Waals surface area contributed by atoms with Gasteiger partial charge >= 0.3 is 0 Å². The number of unbranched alkanes of at least 4 members (excludes halogenated alkanes) is 4. The fourth-order valence-electron chi connectivity index (χ4n) is 2.98. The maximum absolute atomic E-state index is 6.30. The molecule has 0 saturated carbocycles. The Bertz CT molecular complexity index is 500. The maximum Gasteiger partial charge on any atom is 0.201 e. The molecule has 0 aromatic heterocycles. The van der Waals surface area contributed by atoms with Crippen molar-refractivity contribution in [2.24, 2.45) is 0 Å². The molecule has 0 aliphatic carbocycles. The van der Waals surface area contributed by atoms with Crippen molar-refractivity contribution in [3.8, 4) is 0 Å². The van der Waals surface area contributed by atoms with Crippen molar-refractivity contribution < 1.29 is 14.5 Å². The zero-order valence-electron chi connectivity index (χ0n) is 16.4. The number of benzene rings is 1. The van der Waals surface area contributed by atoms with E-state index in [9.17, 15) is 0 Å². The van der Waals surface area contributed by atoms with Gasteiger partial charge in [-0.25, -0.2) is 9.78 Å². The molecule has 0 amide bonds. The van der Waals surface area contributed by atoms with Crippen molar-refractivity contribution >= 4 is 23.4 Å². The second-order valence-corrected chi connectivity index (χ2v) is 8.96. The summed E-state index contributed by atoms with van der Waals surface area (Å²) in [7, 11) is 0. The molecule has 5 heteroatoms. The van der Waals surface area contributed by atoms with E-state index in [2.05, 4.69) is 20.8 Å². The molecule has 1 aliphatic rings. The fraction of sp³-hybridized carbons (Fsp3) is 0.714. The zero-order valence-corrected chi connectivity index (χ0v) is 18.0. The number of thioether (sulfide) groups is 1. The molecular weight excluding hydrogens is 368 g/mol. The lowest BCUT2D eigenvalue weighted by molar-refractivity contribution is -0.508. The lowest BCUT2D eigenvalue weighted by Crippen LogP contribution is -2.52. The highest BCUT2D eigenvalue weighted by atomic mass is 35.5. The molecule has 148 valence electrons. The van der Waals surface area contributed by atoms with E-state index in [1.807, 2.05) is 24.3 Å². The Balaban J connectivity index is 1.87. The van der Waals surface area contributed by atoms with Crippen LogP contribution in [0.25, 0.3) is 0 Å². The maximum atomic E-state index is 6.30. The van der Waals surface area contributed by atoms with Gasteiger partial charge in [0.1, 0.15) is 5.60 Å². The van der Waals surface area contributed by atoms with E-state index in [0.717, 1.165) is 36.5 Å². The van der Waals surface area contributed by atoms with Crippen molar-refractivity contribution in [2.75, 3.05) is 12.4 Å². The largest absolute Gasteiger partial charge is 0.344 e. The third kappa shape index (κ3) is 7.05. The van der Waals surface area contributed by atoms with Crippen LogP contribution in [0.15, 0.2) is 29.2 Å². The number of ether oxygens (including phenoxy) is 1. The summed E-state index contributed by atoms with van der Waals surface area (Å²) >= 11 is 7.68. The minimum Gasteiger partial charge on any atom is -0.344 e. The van der Waals surface area contributed by atoms with Crippen molar-refractivity contribution in [3.63, 3.8) is 0 Å². The topological polar surface area (TPSA) is 27.7 Å². The van der Waals surface area contributed by atoms with Gasteiger partial charge in [-0.3, -0.25) is 0 Å². The van der Waals surface area contributed by atoms with E-state index in [4.69, 9.17) is 26.1 Å². The summed E-state index contributed by atoms with van der Waals surface area (Å²) in [6, 6.07) is 7.88. The third-order valence-corrected chi connectivity index (χ3v) is 6.33. The minimum absolute atomic E-state index is 0.441. The Morgan fingerprint density at radius 1 is 0.962 bits per heavy atom. The van der Waals surface area contributed by atoms with Gasteiger partial charge in [-0.2, -0.15) is 0 Å². The fourth-order valence-corrected chi connectivity index (χ4v) is 4.04. The predicted molar refractivity (Wildman–Crippen MR) is 110 cm³/mol. The van der Waals surface area contributed by atoms with Crippen molar-refractivity contribution in [3.05, 3.63) is 29.3 Å². The van der Waals surface area contributed by atoms with Gasteiger partial charge in [0.15, 0.2) is 0 Å². The van der Waals surface area contributed by atoms with E-state index in [1.165, 1.54) is 30.6 Å². The number of hydrogen-bond acceptors (Lipinski definition) is 4. The number of rotatable bonds is 11. The van der Waals surface area contributed by atoms with Crippen LogP contribution in [0.3, 0.4) is 0 Å². The molecule has 1 unspecified atom stereocenters. The van der Waals surface area contributed by atoms with Crippen molar-refractivity contribution in [1.82, 2.24) is 0 Å². The van der Waals surface area contributed by atoms with Crippen LogP contribution in [0.2, 0.25) is 5.02 Å². The molecule has 0 spiro atoms. The SMILES string of the molecule is CCCCCC1(CCCCC)OCC(C)(CSc2ccc(Cl)cc2)OO1.